The zero-order chi connectivity index (χ0) is 51.2. The van der Waals surface area contributed by atoms with Gasteiger partial charge in [0.25, 0.3) is 0 Å². The largest absolute Gasteiger partial charge is 0.508 e. The summed E-state index contributed by atoms with van der Waals surface area (Å²) < 4.78 is 0. The number of nitrogens with one attached hydrogen (secondary N) is 5. The summed E-state index contributed by atoms with van der Waals surface area (Å²) in [6.07, 6.45) is 2.05. The van der Waals surface area contributed by atoms with E-state index < -0.39 is 71.7 Å². The molecule has 22 heteroatoms. The summed E-state index contributed by atoms with van der Waals surface area (Å²) in [5.74, 6) is -3.20. The van der Waals surface area contributed by atoms with E-state index in [0.717, 1.165) is 16.7 Å². The number of phenols is 3. The Morgan fingerprint density at radius 1 is 0.529 bits per heavy atom. The van der Waals surface area contributed by atoms with Crippen molar-refractivity contribution in [3.8, 4) is 17.2 Å². The summed E-state index contributed by atoms with van der Waals surface area (Å²) in [5.41, 5.74) is 35.9. The predicted octanol–water partition coefficient (Wildman–Crippen LogP) is -1.58. The lowest BCUT2D eigenvalue weighted by atomic mass is 10.0. The fourth-order valence-electron chi connectivity index (χ4n) is 7.12. The molecule has 6 atom stereocenters. The molecule has 5 rings (SSSR count). The zero-order valence-electron chi connectivity index (χ0n) is 38.5. The van der Waals surface area contributed by atoms with Crippen molar-refractivity contribution in [3.63, 3.8) is 0 Å². The van der Waals surface area contributed by atoms with Crippen LogP contribution in [0, 0.1) is 0 Å². The topological polar surface area (TPSA) is 404 Å². The van der Waals surface area contributed by atoms with Gasteiger partial charge in [-0.1, -0.05) is 66.7 Å². The van der Waals surface area contributed by atoms with Gasteiger partial charge in [0.2, 0.25) is 35.4 Å². The third kappa shape index (κ3) is 19.1. The Balaban J connectivity index is 0.000000305. The number of primary amides is 1. The number of hydrogen-bond acceptors (Lipinski definition) is 12. The van der Waals surface area contributed by atoms with Gasteiger partial charge in [-0.05, 0) is 90.8 Å². The van der Waals surface area contributed by atoms with Gasteiger partial charge < -0.3 is 76.3 Å². The van der Waals surface area contributed by atoms with Crippen molar-refractivity contribution in [3.05, 3.63) is 125 Å². The fraction of sp³-hybridized carbons (Fsp3) is 0.333. The van der Waals surface area contributed by atoms with E-state index >= 15 is 0 Å². The highest BCUT2D eigenvalue weighted by molar-refractivity contribution is 5.97. The summed E-state index contributed by atoms with van der Waals surface area (Å²) in [5, 5.41) is 41.9. The molecular weight excluding hydrogens is 903 g/mol. The second kappa shape index (κ2) is 27.4. The number of aromatic hydroxyl groups is 3. The van der Waals surface area contributed by atoms with Crippen molar-refractivity contribution in [1.82, 2.24) is 26.6 Å². The molecule has 70 heavy (non-hydrogen) atoms. The number of nitrogens with two attached hydrogens (primary N) is 6. The van der Waals surface area contributed by atoms with Gasteiger partial charge in [0.15, 0.2) is 11.9 Å². The molecule has 1 aliphatic heterocycles. The van der Waals surface area contributed by atoms with Crippen molar-refractivity contribution in [2.45, 2.75) is 87.6 Å². The Morgan fingerprint density at radius 2 is 0.943 bits per heavy atom. The van der Waals surface area contributed by atoms with Crippen LogP contribution >= 0.6 is 0 Å². The number of nitrogens with zero attached hydrogens (tertiary/aromatic N) is 2. The predicted molar refractivity (Wildman–Crippen MR) is 262 cm³/mol. The summed E-state index contributed by atoms with van der Waals surface area (Å²) >= 11 is 0. The van der Waals surface area contributed by atoms with Gasteiger partial charge in [0, 0.05) is 32.4 Å². The van der Waals surface area contributed by atoms with Crippen molar-refractivity contribution < 1.29 is 44.1 Å². The third-order valence-corrected chi connectivity index (χ3v) is 10.8. The number of carbonyl (C=O) groups is 6. The van der Waals surface area contributed by atoms with Crippen molar-refractivity contribution in [1.29, 1.82) is 0 Å². The molecule has 20 N–H and O–H groups in total. The first kappa shape index (κ1) is 54.2. The van der Waals surface area contributed by atoms with Crippen LogP contribution in [0.4, 0.5) is 0 Å². The first-order valence-electron chi connectivity index (χ1n) is 22.4. The highest BCUT2D eigenvalue weighted by Gasteiger charge is 2.34. The van der Waals surface area contributed by atoms with Gasteiger partial charge in [-0.3, -0.25) is 38.8 Å². The van der Waals surface area contributed by atoms with E-state index in [-0.39, 0.29) is 67.8 Å². The molecule has 0 aromatic heterocycles. The van der Waals surface area contributed by atoms with Crippen LogP contribution in [0.2, 0.25) is 0 Å². The zero-order valence-corrected chi connectivity index (χ0v) is 38.5. The quantitative estimate of drug-likeness (QED) is 0.0255. The summed E-state index contributed by atoms with van der Waals surface area (Å²) in [6, 6.07) is 22.4. The van der Waals surface area contributed by atoms with Gasteiger partial charge in [-0.25, -0.2) is 0 Å². The number of hydrogen-bond donors (Lipinski definition) is 14. The molecular formula is C48H63N13O9. The number of rotatable bonds is 21. The molecule has 4 aromatic rings. The SMILES string of the molecule is NC(=O)C(Cc1ccc(O)cc1)NC(=O)C(CCCN=C(N)N)NC(=O)C(N)Cc1ccc(O)cc1.NC(N)=NCCCC1NC(=O)C(Cc2ccccc2)NC(=O)C(Cc2ccc(O)cc2)NC1=O. The summed E-state index contributed by atoms with van der Waals surface area (Å²) in [6.45, 7) is 0.540. The maximum atomic E-state index is 13.1. The number of guanidine groups is 2. The number of amides is 6. The van der Waals surface area contributed by atoms with E-state index in [1.54, 1.807) is 36.4 Å². The maximum absolute atomic E-state index is 13.1. The number of carbonyl (C=O) groups excluding carboxylic acids is 6. The van der Waals surface area contributed by atoms with Gasteiger partial charge in [-0.2, -0.15) is 0 Å². The van der Waals surface area contributed by atoms with E-state index in [0.29, 0.717) is 31.4 Å². The second-order valence-corrected chi connectivity index (χ2v) is 16.5. The average molecular weight is 966 g/mol. The molecule has 6 amide bonds. The average Bonchev–Trinajstić information content (AvgIpc) is 3.35. The Bertz CT molecular complexity index is 2410. The van der Waals surface area contributed by atoms with E-state index in [9.17, 15) is 44.1 Å². The van der Waals surface area contributed by atoms with E-state index in [2.05, 4.69) is 36.6 Å². The van der Waals surface area contributed by atoms with Crippen LogP contribution < -0.4 is 61.0 Å². The molecule has 22 nitrogen and oxygen atoms in total. The van der Waals surface area contributed by atoms with E-state index in [4.69, 9.17) is 34.4 Å². The Hall–Kier alpha value is -8.40. The minimum atomic E-state index is -1.05. The van der Waals surface area contributed by atoms with Crippen molar-refractivity contribution in [2.24, 2.45) is 44.4 Å². The first-order chi connectivity index (χ1) is 33.4. The fourth-order valence-corrected chi connectivity index (χ4v) is 7.12. The molecule has 1 fully saturated rings. The molecule has 0 radical (unpaired) electrons. The second-order valence-electron chi connectivity index (χ2n) is 16.5. The molecule has 0 spiro atoms. The number of benzene rings is 4. The lowest BCUT2D eigenvalue weighted by molar-refractivity contribution is -0.131. The van der Waals surface area contributed by atoms with Crippen LogP contribution in [0.25, 0.3) is 0 Å². The monoisotopic (exact) mass is 965 g/mol. The molecule has 0 aliphatic carbocycles. The van der Waals surface area contributed by atoms with Crippen molar-refractivity contribution in [2.75, 3.05) is 13.1 Å². The van der Waals surface area contributed by atoms with Gasteiger partial charge in [0.1, 0.15) is 47.5 Å². The third-order valence-electron chi connectivity index (χ3n) is 10.8. The van der Waals surface area contributed by atoms with Gasteiger partial charge >= 0.3 is 0 Å². The molecule has 1 saturated heterocycles. The molecule has 1 aliphatic rings. The Kier molecular flexibility index (Phi) is 21.2. The van der Waals surface area contributed by atoms with Crippen LogP contribution in [0.15, 0.2) is 113 Å². The first-order valence-corrected chi connectivity index (χ1v) is 22.4. The molecule has 1 heterocycles. The van der Waals surface area contributed by atoms with Crippen molar-refractivity contribution >= 4 is 47.4 Å². The molecule has 6 unspecified atom stereocenters. The van der Waals surface area contributed by atoms with Gasteiger partial charge in [-0.15, -0.1) is 0 Å². The Labute approximate surface area is 404 Å². The van der Waals surface area contributed by atoms with Crippen LogP contribution in [-0.2, 0) is 54.5 Å². The lowest BCUT2D eigenvalue weighted by Crippen LogP contribution is -2.56. The summed E-state index contributed by atoms with van der Waals surface area (Å²) in [7, 11) is 0. The minimum absolute atomic E-state index is 0.0466. The molecule has 0 bridgehead atoms. The van der Waals surface area contributed by atoms with E-state index in [1.807, 2.05) is 30.3 Å². The normalized spacial score (nSPS) is 16.8. The van der Waals surface area contributed by atoms with Crippen LogP contribution in [0.1, 0.15) is 47.9 Å². The Morgan fingerprint density at radius 3 is 1.43 bits per heavy atom. The lowest BCUT2D eigenvalue weighted by Gasteiger charge is -2.23. The maximum Gasteiger partial charge on any atom is 0.243 e. The molecule has 374 valence electrons. The molecule has 4 aromatic carbocycles. The van der Waals surface area contributed by atoms with Crippen LogP contribution in [-0.4, -0.2) is 112 Å². The molecule has 0 saturated carbocycles. The number of phenolic OH excluding ortho intramolecular Hbond substituents is 3. The minimum Gasteiger partial charge on any atom is -0.508 e. The smallest absolute Gasteiger partial charge is 0.243 e. The van der Waals surface area contributed by atoms with E-state index in [1.165, 1.54) is 36.4 Å². The highest BCUT2D eigenvalue weighted by atomic mass is 16.3. The van der Waals surface area contributed by atoms with Gasteiger partial charge in [0.05, 0.1) is 6.04 Å². The van der Waals surface area contributed by atoms with Crippen LogP contribution in [0.3, 0.4) is 0 Å². The standard InChI is InChI=1S/C24H33N7O5.C24H30N6O4/c25-18(12-14-3-7-16(32)8-4-14)22(35)30-19(2-1-11-29-24(27)28)23(36)31-20(21(26)34)13-15-5-9-17(33)10-6-15;25-24(26)27-12-4-7-18-21(32)29-20(14-16-8-10-17(31)11-9-16)23(34)30-19(22(33)28-18)13-15-5-2-1-3-6-15/h3-10,18-20,32-33H,1-2,11-13,25H2,(H2,26,34)(H,30,35)(H,31,36)(H4,27,28,29);1-3,5-6,8-11,18-20,31H,4,7,12-14H2,(H,28,33)(H,29,32)(H,30,34)(H4,25,26,27). The number of aliphatic imine (C=N–C) groups is 2. The summed E-state index contributed by atoms with van der Waals surface area (Å²) in [4.78, 5) is 84.8. The highest BCUT2D eigenvalue weighted by Crippen LogP contribution is 2.16. The van der Waals surface area contributed by atoms with Crippen LogP contribution in [0.5, 0.6) is 17.2 Å².